The topological polar surface area (TPSA) is 53.1 Å². The van der Waals surface area contributed by atoms with Gasteiger partial charge in [0.15, 0.2) is 0 Å². The molecule has 0 aromatic heterocycles. The first-order valence-corrected chi connectivity index (χ1v) is 6.54. The van der Waals surface area contributed by atoms with Crippen LogP contribution >= 0.6 is 0 Å². The summed E-state index contributed by atoms with van der Waals surface area (Å²) in [5.41, 5.74) is 8.65. The number of hydrogen-bond donors (Lipinski definition) is 2. The Balaban J connectivity index is 3.07. The minimum absolute atomic E-state index is 0.138. The zero-order valence-electron chi connectivity index (χ0n) is 12.1. The maximum absolute atomic E-state index is 7.52. The number of nitrogens with zero attached hydrogens (tertiary/aromatic N) is 1. The first kappa shape index (κ1) is 14.6. The fraction of sp³-hybridized carbons (Fsp3) is 0.533. The highest BCUT2D eigenvalue weighted by Crippen LogP contribution is 2.22. The van der Waals surface area contributed by atoms with E-state index in [1.807, 2.05) is 13.0 Å². The summed E-state index contributed by atoms with van der Waals surface area (Å²) >= 11 is 0. The lowest BCUT2D eigenvalue weighted by Crippen LogP contribution is -2.34. The van der Waals surface area contributed by atoms with Crippen molar-refractivity contribution < 1.29 is 0 Å². The van der Waals surface area contributed by atoms with Crippen molar-refractivity contribution in [1.82, 2.24) is 0 Å². The van der Waals surface area contributed by atoms with Crippen LogP contribution in [0.25, 0.3) is 0 Å². The van der Waals surface area contributed by atoms with Gasteiger partial charge in [0, 0.05) is 23.8 Å². The highest BCUT2D eigenvalue weighted by Gasteiger charge is 2.13. The first-order valence-electron chi connectivity index (χ1n) is 6.54. The van der Waals surface area contributed by atoms with Gasteiger partial charge in [-0.15, -0.1) is 0 Å². The van der Waals surface area contributed by atoms with E-state index in [9.17, 15) is 0 Å². The molecule has 0 fully saturated rings. The molecule has 0 aliphatic rings. The van der Waals surface area contributed by atoms with Crippen LogP contribution in [0.1, 0.15) is 38.8 Å². The van der Waals surface area contributed by atoms with Gasteiger partial charge in [-0.2, -0.15) is 0 Å². The van der Waals surface area contributed by atoms with Crippen molar-refractivity contribution in [3.05, 3.63) is 29.3 Å². The Morgan fingerprint density at radius 1 is 1.28 bits per heavy atom. The van der Waals surface area contributed by atoms with Crippen LogP contribution in [0.15, 0.2) is 18.2 Å². The molecule has 0 saturated carbocycles. The van der Waals surface area contributed by atoms with E-state index in [4.69, 9.17) is 11.1 Å². The van der Waals surface area contributed by atoms with E-state index in [0.29, 0.717) is 12.0 Å². The highest BCUT2D eigenvalue weighted by molar-refractivity contribution is 5.96. The summed E-state index contributed by atoms with van der Waals surface area (Å²) in [5, 5.41) is 7.52. The summed E-state index contributed by atoms with van der Waals surface area (Å²) in [5.74, 6) is 0.763. The van der Waals surface area contributed by atoms with Gasteiger partial charge >= 0.3 is 0 Å². The molecule has 0 heterocycles. The van der Waals surface area contributed by atoms with Crippen LogP contribution in [0.3, 0.4) is 0 Å². The number of nitrogens with two attached hydrogens (primary N) is 1. The van der Waals surface area contributed by atoms with Gasteiger partial charge in [-0.1, -0.05) is 13.8 Å². The maximum Gasteiger partial charge on any atom is 0.123 e. The summed E-state index contributed by atoms with van der Waals surface area (Å²) in [6, 6.07) is 6.60. The van der Waals surface area contributed by atoms with Gasteiger partial charge in [-0.25, -0.2) is 0 Å². The predicted octanol–water partition coefficient (Wildman–Crippen LogP) is 3.15. The van der Waals surface area contributed by atoms with Crippen molar-refractivity contribution in [2.45, 2.75) is 40.7 Å². The number of nitrogens with one attached hydrogen (secondary N) is 1. The van der Waals surface area contributed by atoms with E-state index in [2.05, 4.69) is 44.7 Å². The summed E-state index contributed by atoms with van der Waals surface area (Å²) in [7, 11) is 0. The van der Waals surface area contributed by atoms with Crippen LogP contribution in [-0.4, -0.2) is 18.4 Å². The fourth-order valence-electron chi connectivity index (χ4n) is 2.14. The number of aryl methyl sites for hydroxylation is 1. The Bertz CT molecular complexity index is 422. The van der Waals surface area contributed by atoms with Crippen molar-refractivity contribution in [1.29, 1.82) is 5.41 Å². The standard InChI is InChI=1S/C15H25N3/c1-10(2)9-18(11(3)4)13-6-7-14(15(16)17)12(5)8-13/h6-8,10-11H,9H2,1-5H3,(H3,16,17). The number of amidine groups is 1. The normalized spacial score (nSPS) is 11.1. The molecule has 100 valence electrons. The van der Waals surface area contributed by atoms with Gasteiger partial charge in [-0.3, -0.25) is 5.41 Å². The molecule has 0 saturated heterocycles. The Morgan fingerprint density at radius 3 is 2.28 bits per heavy atom. The minimum atomic E-state index is 0.138. The molecule has 3 heteroatoms. The van der Waals surface area contributed by atoms with E-state index < -0.39 is 0 Å². The third-order valence-electron chi connectivity index (χ3n) is 3.02. The molecule has 18 heavy (non-hydrogen) atoms. The van der Waals surface area contributed by atoms with Crippen molar-refractivity contribution in [2.75, 3.05) is 11.4 Å². The Hall–Kier alpha value is -1.51. The summed E-state index contributed by atoms with van der Waals surface area (Å²) in [6.45, 7) is 11.9. The number of anilines is 1. The number of hydrogen-bond acceptors (Lipinski definition) is 2. The monoisotopic (exact) mass is 247 g/mol. The molecule has 1 rings (SSSR count). The van der Waals surface area contributed by atoms with Crippen LogP contribution in [0.4, 0.5) is 5.69 Å². The fourth-order valence-corrected chi connectivity index (χ4v) is 2.14. The number of benzene rings is 1. The van der Waals surface area contributed by atoms with Crippen LogP contribution in [-0.2, 0) is 0 Å². The third-order valence-corrected chi connectivity index (χ3v) is 3.02. The van der Waals surface area contributed by atoms with Gasteiger partial charge in [-0.05, 0) is 50.5 Å². The number of nitrogen functional groups attached to an aromatic ring is 1. The largest absolute Gasteiger partial charge is 0.384 e. The predicted molar refractivity (Wildman–Crippen MR) is 79.5 cm³/mol. The van der Waals surface area contributed by atoms with Gasteiger partial charge in [0.1, 0.15) is 5.84 Å². The van der Waals surface area contributed by atoms with Crippen molar-refractivity contribution in [3.8, 4) is 0 Å². The highest BCUT2D eigenvalue weighted by atomic mass is 15.2. The molecule has 3 nitrogen and oxygen atoms in total. The average Bonchev–Trinajstić information content (AvgIpc) is 2.24. The molecule has 1 aromatic carbocycles. The van der Waals surface area contributed by atoms with Crippen molar-refractivity contribution in [2.24, 2.45) is 11.7 Å². The molecule has 0 unspecified atom stereocenters. The van der Waals surface area contributed by atoms with Crippen molar-refractivity contribution >= 4 is 11.5 Å². The van der Waals surface area contributed by atoms with Gasteiger partial charge < -0.3 is 10.6 Å². The molecule has 0 aliphatic carbocycles. The van der Waals surface area contributed by atoms with Crippen molar-refractivity contribution in [3.63, 3.8) is 0 Å². The third kappa shape index (κ3) is 3.49. The number of rotatable bonds is 5. The molecule has 0 aliphatic heterocycles. The summed E-state index contributed by atoms with van der Waals surface area (Å²) < 4.78 is 0. The lowest BCUT2D eigenvalue weighted by atomic mass is 10.0. The molecular weight excluding hydrogens is 222 g/mol. The second kappa shape index (κ2) is 5.89. The maximum atomic E-state index is 7.52. The van der Waals surface area contributed by atoms with E-state index in [1.54, 1.807) is 0 Å². The van der Waals surface area contributed by atoms with E-state index in [0.717, 1.165) is 17.7 Å². The zero-order valence-corrected chi connectivity index (χ0v) is 12.1. The molecular formula is C15H25N3. The lowest BCUT2D eigenvalue weighted by molar-refractivity contribution is 0.571. The zero-order chi connectivity index (χ0) is 13.9. The van der Waals surface area contributed by atoms with Crippen LogP contribution in [0.5, 0.6) is 0 Å². The van der Waals surface area contributed by atoms with E-state index >= 15 is 0 Å². The molecule has 0 radical (unpaired) electrons. The quantitative estimate of drug-likeness (QED) is 0.620. The lowest BCUT2D eigenvalue weighted by Gasteiger charge is -2.31. The molecule has 3 N–H and O–H groups in total. The Kier molecular flexibility index (Phi) is 4.76. The molecule has 0 bridgehead atoms. The second-order valence-corrected chi connectivity index (χ2v) is 5.55. The Morgan fingerprint density at radius 2 is 1.89 bits per heavy atom. The SMILES string of the molecule is Cc1cc(N(CC(C)C)C(C)C)ccc1C(=N)N. The average molecular weight is 247 g/mol. The summed E-state index contributed by atoms with van der Waals surface area (Å²) in [4.78, 5) is 2.39. The van der Waals surface area contributed by atoms with Crippen LogP contribution in [0.2, 0.25) is 0 Å². The second-order valence-electron chi connectivity index (χ2n) is 5.55. The first-order chi connectivity index (χ1) is 8.32. The minimum Gasteiger partial charge on any atom is -0.384 e. The van der Waals surface area contributed by atoms with E-state index in [1.165, 1.54) is 5.69 Å². The van der Waals surface area contributed by atoms with Gasteiger partial charge in [0.2, 0.25) is 0 Å². The van der Waals surface area contributed by atoms with Gasteiger partial charge in [0.25, 0.3) is 0 Å². The summed E-state index contributed by atoms with van der Waals surface area (Å²) in [6.07, 6.45) is 0. The van der Waals surface area contributed by atoms with E-state index in [-0.39, 0.29) is 5.84 Å². The molecule has 1 aromatic rings. The van der Waals surface area contributed by atoms with Crippen LogP contribution < -0.4 is 10.6 Å². The molecule has 0 spiro atoms. The molecule has 0 atom stereocenters. The van der Waals surface area contributed by atoms with Crippen LogP contribution in [0, 0.1) is 18.3 Å². The smallest absolute Gasteiger partial charge is 0.123 e. The molecule has 0 amide bonds. The Labute approximate surface area is 111 Å². The van der Waals surface area contributed by atoms with Gasteiger partial charge in [0.05, 0.1) is 0 Å².